The van der Waals surface area contributed by atoms with Gasteiger partial charge in [0.25, 0.3) is 0 Å². The van der Waals surface area contributed by atoms with Gasteiger partial charge >= 0.3 is 6.18 Å². The van der Waals surface area contributed by atoms with Crippen molar-refractivity contribution in [1.29, 1.82) is 0 Å². The Morgan fingerprint density at radius 3 is 2.40 bits per heavy atom. The molecule has 15 heavy (non-hydrogen) atoms. The van der Waals surface area contributed by atoms with Crippen LogP contribution in [0.25, 0.3) is 0 Å². The van der Waals surface area contributed by atoms with Crippen molar-refractivity contribution >= 4 is 0 Å². The Bertz CT molecular complexity index is 148. The van der Waals surface area contributed by atoms with E-state index in [1.165, 1.54) is 0 Å². The Labute approximate surface area is 89.6 Å². The fourth-order valence-corrected chi connectivity index (χ4v) is 1.31. The molecule has 0 heterocycles. The molecule has 0 aromatic rings. The van der Waals surface area contributed by atoms with Crippen molar-refractivity contribution in [2.45, 2.75) is 45.3 Å². The molecule has 1 unspecified atom stereocenters. The van der Waals surface area contributed by atoms with Gasteiger partial charge in [-0.15, -0.1) is 0 Å². The highest BCUT2D eigenvalue weighted by atomic mass is 19.4. The van der Waals surface area contributed by atoms with E-state index in [4.69, 9.17) is 0 Å². The van der Waals surface area contributed by atoms with E-state index in [9.17, 15) is 13.2 Å². The SMILES string of the molecule is CCNC(C)CCNCCCC(F)(F)F. The number of rotatable bonds is 8. The second-order valence-corrected chi connectivity index (χ2v) is 3.72. The third-order valence-corrected chi connectivity index (χ3v) is 2.12. The van der Waals surface area contributed by atoms with Gasteiger partial charge in [0.2, 0.25) is 0 Å². The lowest BCUT2D eigenvalue weighted by atomic mass is 10.2. The lowest BCUT2D eigenvalue weighted by molar-refractivity contribution is -0.135. The van der Waals surface area contributed by atoms with E-state index < -0.39 is 12.6 Å². The molecule has 0 bridgehead atoms. The van der Waals surface area contributed by atoms with Crippen molar-refractivity contribution in [2.75, 3.05) is 19.6 Å². The fourth-order valence-electron chi connectivity index (χ4n) is 1.31. The van der Waals surface area contributed by atoms with E-state index in [0.717, 1.165) is 19.5 Å². The normalized spacial score (nSPS) is 14.2. The molecule has 1 atom stereocenters. The minimum absolute atomic E-state index is 0.166. The Morgan fingerprint density at radius 1 is 1.20 bits per heavy atom. The number of hydrogen-bond donors (Lipinski definition) is 2. The molecule has 0 saturated carbocycles. The van der Waals surface area contributed by atoms with Crippen LogP contribution in [0.3, 0.4) is 0 Å². The van der Waals surface area contributed by atoms with Crippen LogP contribution >= 0.6 is 0 Å². The summed E-state index contributed by atoms with van der Waals surface area (Å²) in [4.78, 5) is 0. The summed E-state index contributed by atoms with van der Waals surface area (Å²) in [5.74, 6) is 0. The van der Waals surface area contributed by atoms with Crippen LogP contribution in [0, 0.1) is 0 Å². The standard InChI is InChI=1S/C10H21F3N2/c1-3-15-9(2)5-8-14-7-4-6-10(11,12)13/h9,14-15H,3-8H2,1-2H3. The lowest BCUT2D eigenvalue weighted by Gasteiger charge is -2.12. The summed E-state index contributed by atoms with van der Waals surface area (Å²) in [6.07, 6.45) is -3.60. The van der Waals surface area contributed by atoms with Crippen LogP contribution in [-0.4, -0.2) is 31.9 Å². The van der Waals surface area contributed by atoms with Crippen molar-refractivity contribution in [3.05, 3.63) is 0 Å². The average molecular weight is 226 g/mol. The van der Waals surface area contributed by atoms with Gasteiger partial charge in [0.05, 0.1) is 0 Å². The molecule has 0 saturated heterocycles. The predicted molar refractivity (Wildman–Crippen MR) is 55.9 cm³/mol. The molecule has 92 valence electrons. The van der Waals surface area contributed by atoms with Gasteiger partial charge in [-0.3, -0.25) is 0 Å². The van der Waals surface area contributed by atoms with Crippen molar-refractivity contribution in [3.63, 3.8) is 0 Å². The summed E-state index contributed by atoms with van der Waals surface area (Å²) in [6.45, 7) is 6.24. The monoisotopic (exact) mass is 226 g/mol. The van der Waals surface area contributed by atoms with Gasteiger partial charge in [-0.25, -0.2) is 0 Å². The molecule has 5 heteroatoms. The Morgan fingerprint density at radius 2 is 1.87 bits per heavy atom. The van der Waals surface area contributed by atoms with E-state index >= 15 is 0 Å². The van der Waals surface area contributed by atoms with Gasteiger partial charge in [0, 0.05) is 12.5 Å². The topological polar surface area (TPSA) is 24.1 Å². The van der Waals surface area contributed by atoms with Gasteiger partial charge in [0.15, 0.2) is 0 Å². The zero-order chi connectivity index (χ0) is 11.7. The quantitative estimate of drug-likeness (QED) is 0.621. The largest absolute Gasteiger partial charge is 0.389 e. The summed E-state index contributed by atoms with van der Waals surface area (Å²) < 4.78 is 35.3. The second-order valence-electron chi connectivity index (χ2n) is 3.72. The van der Waals surface area contributed by atoms with E-state index in [1.807, 2.05) is 6.92 Å². The lowest BCUT2D eigenvalue weighted by Crippen LogP contribution is -2.30. The van der Waals surface area contributed by atoms with Crippen LogP contribution in [0.15, 0.2) is 0 Å². The van der Waals surface area contributed by atoms with E-state index in [2.05, 4.69) is 17.6 Å². The van der Waals surface area contributed by atoms with Gasteiger partial charge in [-0.05, 0) is 39.4 Å². The van der Waals surface area contributed by atoms with Crippen LogP contribution in [0.2, 0.25) is 0 Å². The van der Waals surface area contributed by atoms with Gasteiger partial charge in [-0.1, -0.05) is 6.92 Å². The molecule has 2 nitrogen and oxygen atoms in total. The molecule has 0 aromatic heterocycles. The predicted octanol–water partition coefficient (Wildman–Crippen LogP) is 2.31. The van der Waals surface area contributed by atoms with Crippen LogP contribution in [0.5, 0.6) is 0 Å². The second kappa shape index (κ2) is 7.93. The molecular weight excluding hydrogens is 205 g/mol. The molecule has 0 rings (SSSR count). The maximum Gasteiger partial charge on any atom is 0.389 e. The molecule has 0 fully saturated rings. The van der Waals surface area contributed by atoms with Crippen molar-refractivity contribution in [2.24, 2.45) is 0 Å². The summed E-state index contributed by atoms with van der Waals surface area (Å²) in [7, 11) is 0. The van der Waals surface area contributed by atoms with E-state index in [0.29, 0.717) is 12.6 Å². The highest BCUT2D eigenvalue weighted by molar-refractivity contribution is 4.61. The minimum Gasteiger partial charge on any atom is -0.317 e. The first kappa shape index (κ1) is 14.7. The van der Waals surface area contributed by atoms with E-state index in [-0.39, 0.29) is 6.42 Å². The third-order valence-electron chi connectivity index (χ3n) is 2.12. The molecular formula is C10H21F3N2. The molecule has 0 aliphatic carbocycles. The number of hydrogen-bond acceptors (Lipinski definition) is 2. The molecule has 0 radical (unpaired) electrons. The van der Waals surface area contributed by atoms with Crippen LogP contribution in [-0.2, 0) is 0 Å². The maximum absolute atomic E-state index is 11.8. The van der Waals surface area contributed by atoms with Crippen LogP contribution < -0.4 is 10.6 Å². The van der Waals surface area contributed by atoms with Crippen LogP contribution in [0.1, 0.15) is 33.1 Å². The molecule has 0 aromatic carbocycles. The molecule has 0 aliphatic rings. The van der Waals surface area contributed by atoms with E-state index in [1.54, 1.807) is 0 Å². The molecule has 0 amide bonds. The van der Waals surface area contributed by atoms with Crippen LogP contribution in [0.4, 0.5) is 13.2 Å². The number of nitrogens with one attached hydrogen (secondary N) is 2. The highest BCUT2D eigenvalue weighted by Gasteiger charge is 2.25. The average Bonchev–Trinajstić information content (AvgIpc) is 2.09. The maximum atomic E-state index is 11.8. The zero-order valence-electron chi connectivity index (χ0n) is 9.45. The Balaban J connectivity index is 3.18. The first-order valence-corrected chi connectivity index (χ1v) is 5.46. The van der Waals surface area contributed by atoms with Crippen molar-refractivity contribution < 1.29 is 13.2 Å². The number of halogens is 3. The minimum atomic E-state index is -4.02. The van der Waals surface area contributed by atoms with Gasteiger partial charge < -0.3 is 10.6 Å². The third kappa shape index (κ3) is 11.6. The summed E-state index contributed by atoms with van der Waals surface area (Å²) in [5.41, 5.74) is 0. The summed E-state index contributed by atoms with van der Waals surface area (Å²) >= 11 is 0. The first-order valence-electron chi connectivity index (χ1n) is 5.46. The highest BCUT2D eigenvalue weighted by Crippen LogP contribution is 2.20. The van der Waals surface area contributed by atoms with Crippen molar-refractivity contribution in [3.8, 4) is 0 Å². The Kier molecular flexibility index (Phi) is 7.78. The number of alkyl halides is 3. The van der Waals surface area contributed by atoms with Gasteiger partial charge in [-0.2, -0.15) is 13.2 Å². The molecule has 0 spiro atoms. The zero-order valence-corrected chi connectivity index (χ0v) is 9.45. The molecule has 2 N–H and O–H groups in total. The summed E-state index contributed by atoms with van der Waals surface area (Å²) in [5, 5.41) is 6.25. The summed E-state index contributed by atoms with van der Waals surface area (Å²) in [6, 6.07) is 0.421. The first-order chi connectivity index (χ1) is 6.95. The smallest absolute Gasteiger partial charge is 0.317 e. The Hall–Kier alpha value is -0.290. The fraction of sp³-hybridized carbons (Fsp3) is 1.00. The van der Waals surface area contributed by atoms with Crippen molar-refractivity contribution in [1.82, 2.24) is 10.6 Å². The molecule has 0 aliphatic heterocycles. The van der Waals surface area contributed by atoms with Gasteiger partial charge in [0.1, 0.15) is 0 Å².